The number of likely N-dealkylation sites (N-methyl/N-ethyl adjacent to an activating group) is 1. The SMILES string of the molecule is Cc1ncc(F)c2c1CC(N(C)CCCc1cn(-c3cnc4c(n3)NC(=O)CO4)c(=O)o1)C2.O=CO. The lowest BCUT2D eigenvalue weighted by atomic mass is 10.1. The predicted octanol–water partition coefficient (Wildman–Crippen LogP) is 1.13. The Kier molecular flexibility index (Phi) is 7.38. The van der Waals surface area contributed by atoms with Gasteiger partial charge in [-0.2, -0.15) is 0 Å². The third kappa shape index (κ3) is 5.25. The molecule has 2 aliphatic rings. The normalized spacial score (nSPS) is 15.9. The number of rotatable bonds is 6. The monoisotopic (exact) mass is 500 g/mol. The number of oxazole rings is 1. The zero-order chi connectivity index (χ0) is 25.8. The summed E-state index contributed by atoms with van der Waals surface area (Å²) in [5.41, 5.74) is 2.68. The summed E-state index contributed by atoms with van der Waals surface area (Å²) in [5.74, 6) is -0.0258. The van der Waals surface area contributed by atoms with E-state index in [2.05, 4.69) is 25.2 Å². The molecule has 0 bridgehead atoms. The fourth-order valence-corrected chi connectivity index (χ4v) is 4.34. The van der Waals surface area contributed by atoms with Gasteiger partial charge in [0.2, 0.25) is 0 Å². The standard InChI is InChI=1S/C22H23FN6O4.CH2O2/c1-12-15-6-13(7-16(15)17(23)8-24-12)28(2)5-3-4-14-10-29(22(31)33-14)18-9-25-21-20(26-18)27-19(30)11-32-21;2-1-3/h8-10,13H,3-7,11H2,1-2H3,(H,26,27,30);1H,(H,2,3). The van der Waals surface area contributed by atoms with Gasteiger partial charge in [0.15, 0.2) is 18.2 Å². The Morgan fingerprint density at radius 1 is 1.28 bits per heavy atom. The van der Waals surface area contributed by atoms with Crippen LogP contribution in [0.1, 0.15) is 29.0 Å². The first-order valence-corrected chi connectivity index (χ1v) is 11.2. The number of ether oxygens (including phenoxy) is 1. The number of nitrogens with one attached hydrogen (secondary N) is 1. The van der Waals surface area contributed by atoms with Crippen LogP contribution < -0.4 is 15.8 Å². The number of carbonyl (C=O) groups is 2. The van der Waals surface area contributed by atoms with E-state index in [1.807, 2.05) is 14.0 Å². The molecule has 0 fully saturated rings. The quantitative estimate of drug-likeness (QED) is 0.471. The molecular formula is C23H25FN6O6. The lowest BCUT2D eigenvalue weighted by molar-refractivity contribution is -0.123. The molecule has 3 aromatic heterocycles. The van der Waals surface area contributed by atoms with Crippen molar-refractivity contribution in [2.45, 2.75) is 38.6 Å². The second-order valence-electron chi connectivity index (χ2n) is 8.45. The molecule has 0 spiro atoms. The Bertz CT molecular complexity index is 1310. The van der Waals surface area contributed by atoms with Gasteiger partial charge in [-0.1, -0.05) is 0 Å². The van der Waals surface area contributed by atoms with Crippen LogP contribution in [0.3, 0.4) is 0 Å². The zero-order valence-corrected chi connectivity index (χ0v) is 19.7. The smallest absolute Gasteiger partial charge is 0.425 e. The van der Waals surface area contributed by atoms with Crippen molar-refractivity contribution in [2.24, 2.45) is 0 Å². The topological polar surface area (TPSA) is 153 Å². The van der Waals surface area contributed by atoms with E-state index >= 15 is 0 Å². The van der Waals surface area contributed by atoms with Gasteiger partial charge < -0.3 is 24.5 Å². The number of carboxylic acid groups (broad SMARTS) is 1. The summed E-state index contributed by atoms with van der Waals surface area (Å²) in [5, 5.41) is 9.46. The molecule has 4 heterocycles. The summed E-state index contributed by atoms with van der Waals surface area (Å²) >= 11 is 0. The first-order valence-electron chi connectivity index (χ1n) is 11.2. The Labute approximate surface area is 204 Å². The predicted molar refractivity (Wildman–Crippen MR) is 124 cm³/mol. The van der Waals surface area contributed by atoms with E-state index in [0.29, 0.717) is 18.6 Å². The van der Waals surface area contributed by atoms with Crippen molar-refractivity contribution in [3.8, 4) is 11.7 Å². The maximum atomic E-state index is 14.1. The summed E-state index contributed by atoms with van der Waals surface area (Å²) < 4.78 is 25.9. The van der Waals surface area contributed by atoms with E-state index in [0.717, 1.165) is 36.2 Å². The van der Waals surface area contributed by atoms with Gasteiger partial charge >= 0.3 is 5.76 Å². The van der Waals surface area contributed by atoms with Crippen LogP contribution in [0, 0.1) is 12.7 Å². The summed E-state index contributed by atoms with van der Waals surface area (Å²) in [6.07, 6.45) is 7.04. The van der Waals surface area contributed by atoms with Crippen LogP contribution in [0.5, 0.6) is 5.88 Å². The van der Waals surface area contributed by atoms with E-state index in [1.54, 1.807) is 6.20 Å². The Hall–Kier alpha value is -4.13. The van der Waals surface area contributed by atoms with Crippen LogP contribution in [0.2, 0.25) is 0 Å². The number of anilines is 1. The van der Waals surface area contributed by atoms with Crippen LogP contribution in [-0.4, -0.2) is 68.1 Å². The molecule has 2 N–H and O–H groups in total. The summed E-state index contributed by atoms with van der Waals surface area (Å²) in [7, 11) is 2.03. The molecule has 190 valence electrons. The third-order valence-corrected chi connectivity index (χ3v) is 6.16. The summed E-state index contributed by atoms with van der Waals surface area (Å²) in [4.78, 5) is 46.9. The van der Waals surface area contributed by atoms with Crippen molar-refractivity contribution >= 4 is 18.2 Å². The average Bonchev–Trinajstić information content (AvgIpc) is 3.46. The number of hydrogen-bond donors (Lipinski definition) is 2. The van der Waals surface area contributed by atoms with Crippen molar-refractivity contribution in [1.82, 2.24) is 24.4 Å². The molecule has 0 saturated carbocycles. The minimum atomic E-state index is -0.583. The van der Waals surface area contributed by atoms with Crippen molar-refractivity contribution < 1.29 is 28.2 Å². The average molecular weight is 500 g/mol. The van der Waals surface area contributed by atoms with Crippen molar-refractivity contribution in [1.29, 1.82) is 0 Å². The van der Waals surface area contributed by atoms with E-state index in [9.17, 15) is 14.0 Å². The highest BCUT2D eigenvalue weighted by atomic mass is 19.1. The number of carbonyl (C=O) groups excluding carboxylic acids is 1. The molecule has 1 atom stereocenters. The number of amides is 1. The number of fused-ring (bicyclic) bond motifs is 2. The lowest BCUT2D eigenvalue weighted by Crippen LogP contribution is -2.33. The lowest BCUT2D eigenvalue weighted by Gasteiger charge is -2.23. The van der Waals surface area contributed by atoms with Crippen molar-refractivity contribution in [2.75, 3.05) is 25.5 Å². The Morgan fingerprint density at radius 2 is 2.03 bits per heavy atom. The van der Waals surface area contributed by atoms with Crippen molar-refractivity contribution in [3.05, 3.63) is 57.5 Å². The fraction of sp³-hybridized carbons (Fsp3) is 0.391. The van der Waals surface area contributed by atoms with Gasteiger partial charge in [0, 0.05) is 18.2 Å². The number of hydrogen-bond acceptors (Lipinski definition) is 9. The van der Waals surface area contributed by atoms with Crippen LogP contribution in [-0.2, 0) is 28.9 Å². The molecule has 1 amide bonds. The van der Waals surface area contributed by atoms with E-state index in [4.69, 9.17) is 19.1 Å². The molecule has 36 heavy (non-hydrogen) atoms. The molecule has 1 aliphatic carbocycles. The van der Waals surface area contributed by atoms with Crippen LogP contribution >= 0.6 is 0 Å². The van der Waals surface area contributed by atoms with Crippen LogP contribution in [0.25, 0.3) is 5.82 Å². The molecule has 12 nitrogen and oxygen atoms in total. The molecule has 3 aromatic rings. The minimum Gasteiger partial charge on any atom is -0.483 e. The van der Waals surface area contributed by atoms with Gasteiger partial charge in [-0.25, -0.2) is 23.7 Å². The summed E-state index contributed by atoms with van der Waals surface area (Å²) in [6, 6.07) is 0.220. The maximum absolute atomic E-state index is 14.1. The summed E-state index contributed by atoms with van der Waals surface area (Å²) in [6.45, 7) is 2.31. The molecule has 0 radical (unpaired) electrons. The minimum absolute atomic E-state index is 0.121. The highest BCUT2D eigenvalue weighted by Gasteiger charge is 2.29. The first-order chi connectivity index (χ1) is 17.3. The van der Waals surface area contributed by atoms with Crippen molar-refractivity contribution in [3.63, 3.8) is 0 Å². The largest absolute Gasteiger partial charge is 0.483 e. The second kappa shape index (κ2) is 10.6. The molecule has 5 rings (SSSR count). The van der Waals surface area contributed by atoms with E-state index in [-0.39, 0.29) is 48.4 Å². The van der Waals surface area contributed by atoms with Gasteiger partial charge in [0.05, 0.1) is 18.6 Å². The van der Waals surface area contributed by atoms with E-state index < -0.39 is 5.76 Å². The van der Waals surface area contributed by atoms with E-state index in [1.165, 1.54) is 17.0 Å². The fourth-order valence-electron chi connectivity index (χ4n) is 4.34. The molecule has 0 aromatic carbocycles. The molecule has 1 unspecified atom stereocenters. The van der Waals surface area contributed by atoms with Gasteiger partial charge in [0.25, 0.3) is 18.3 Å². The highest BCUT2D eigenvalue weighted by Crippen LogP contribution is 2.29. The molecular weight excluding hydrogens is 475 g/mol. The second-order valence-corrected chi connectivity index (χ2v) is 8.45. The number of halogens is 1. The zero-order valence-electron chi connectivity index (χ0n) is 19.7. The highest BCUT2D eigenvalue weighted by molar-refractivity contribution is 5.93. The van der Waals surface area contributed by atoms with Gasteiger partial charge in [-0.05, 0) is 50.9 Å². The third-order valence-electron chi connectivity index (χ3n) is 6.16. The molecule has 13 heteroatoms. The molecule has 0 saturated heterocycles. The van der Waals surface area contributed by atoms with Gasteiger partial charge in [-0.3, -0.25) is 14.6 Å². The molecule has 1 aliphatic heterocycles. The number of pyridine rings is 1. The first kappa shape index (κ1) is 25.0. The van der Waals surface area contributed by atoms with Crippen LogP contribution in [0.4, 0.5) is 10.2 Å². The number of nitrogens with zero attached hydrogens (tertiary/aromatic N) is 5. The maximum Gasteiger partial charge on any atom is 0.425 e. The Balaban J connectivity index is 0.000000967. The van der Waals surface area contributed by atoms with Gasteiger partial charge in [-0.15, -0.1) is 0 Å². The number of aromatic nitrogens is 4. The van der Waals surface area contributed by atoms with Gasteiger partial charge in [0.1, 0.15) is 11.6 Å². The number of aryl methyl sites for hydroxylation is 2. The Morgan fingerprint density at radius 3 is 2.78 bits per heavy atom. The van der Waals surface area contributed by atoms with Crippen LogP contribution in [0.15, 0.2) is 27.8 Å².